The molecule has 0 atom stereocenters. The minimum absolute atomic E-state index is 0.0780. The third-order valence-electron chi connectivity index (χ3n) is 3.19. The van der Waals surface area contributed by atoms with E-state index in [0.29, 0.717) is 11.3 Å². The number of rotatable bonds is 4. The van der Waals surface area contributed by atoms with E-state index in [2.05, 4.69) is 5.32 Å². The first-order chi connectivity index (χ1) is 8.99. The fraction of sp³-hybridized carbons (Fsp3) is 0.308. The summed E-state index contributed by atoms with van der Waals surface area (Å²) in [5.74, 6) is -1.17. The number of carboxylic acid groups (broad SMARTS) is 1. The van der Waals surface area contributed by atoms with Crippen LogP contribution in [0.25, 0.3) is 0 Å². The van der Waals surface area contributed by atoms with Crippen LogP contribution in [0.1, 0.15) is 28.8 Å². The molecule has 0 saturated carbocycles. The average Bonchev–Trinajstić information content (AvgIpc) is 2.83. The van der Waals surface area contributed by atoms with Crippen molar-refractivity contribution < 1.29 is 14.8 Å². The summed E-state index contributed by atoms with van der Waals surface area (Å²) in [6.45, 7) is 1.62. The number of carboxylic acids is 1. The molecule has 0 aliphatic heterocycles. The van der Waals surface area contributed by atoms with Gasteiger partial charge in [0.05, 0.1) is 10.5 Å². The molecule has 100 valence electrons. The van der Waals surface area contributed by atoms with Crippen LogP contribution in [0.2, 0.25) is 0 Å². The number of nitrogens with one attached hydrogen (secondary N) is 1. The van der Waals surface area contributed by atoms with Crippen molar-refractivity contribution in [3.05, 3.63) is 45.5 Å². The summed E-state index contributed by atoms with van der Waals surface area (Å²) < 4.78 is 0. The lowest BCUT2D eigenvalue weighted by atomic mass is 10.1. The molecule has 0 fully saturated rings. The molecule has 2 rings (SSSR count). The van der Waals surface area contributed by atoms with E-state index in [0.717, 1.165) is 18.9 Å². The van der Waals surface area contributed by atoms with Gasteiger partial charge in [0.2, 0.25) is 0 Å². The van der Waals surface area contributed by atoms with Crippen LogP contribution in [-0.4, -0.2) is 22.0 Å². The van der Waals surface area contributed by atoms with E-state index in [1.165, 1.54) is 6.07 Å². The molecule has 0 saturated heterocycles. The van der Waals surface area contributed by atoms with Gasteiger partial charge in [-0.05, 0) is 25.8 Å². The van der Waals surface area contributed by atoms with E-state index in [9.17, 15) is 14.9 Å². The van der Waals surface area contributed by atoms with Crippen LogP contribution in [0, 0.1) is 17.0 Å². The van der Waals surface area contributed by atoms with Crippen LogP contribution in [0.15, 0.2) is 24.3 Å². The highest BCUT2D eigenvalue weighted by Gasteiger charge is 2.20. The van der Waals surface area contributed by atoms with Crippen LogP contribution in [0.3, 0.4) is 0 Å². The number of hydrogen-bond donors (Lipinski definition) is 2. The molecule has 0 heterocycles. The van der Waals surface area contributed by atoms with Crippen molar-refractivity contribution in [2.75, 3.05) is 5.32 Å². The molecule has 0 unspecified atom stereocenters. The van der Waals surface area contributed by atoms with Crippen molar-refractivity contribution in [1.82, 2.24) is 0 Å². The normalized spacial score (nSPS) is 14.6. The first kappa shape index (κ1) is 13.1. The van der Waals surface area contributed by atoms with Gasteiger partial charge in [-0.25, -0.2) is 4.79 Å². The minimum atomic E-state index is -1.17. The Balaban J connectivity index is 2.39. The second kappa shape index (κ2) is 5.09. The number of nitro groups is 1. The van der Waals surface area contributed by atoms with E-state index < -0.39 is 10.9 Å². The smallest absolute Gasteiger partial charge is 0.336 e. The Morgan fingerprint density at radius 2 is 2.05 bits per heavy atom. The van der Waals surface area contributed by atoms with Crippen molar-refractivity contribution in [3.8, 4) is 0 Å². The number of nitro benzene ring substituents is 1. The summed E-state index contributed by atoms with van der Waals surface area (Å²) in [4.78, 5) is 21.4. The Morgan fingerprint density at radius 3 is 2.58 bits per heavy atom. The third-order valence-corrected chi connectivity index (χ3v) is 3.19. The van der Waals surface area contributed by atoms with Crippen LogP contribution >= 0.6 is 0 Å². The molecule has 2 N–H and O–H groups in total. The first-order valence-corrected chi connectivity index (χ1v) is 5.93. The second-order valence-electron chi connectivity index (χ2n) is 4.51. The Bertz CT molecular complexity index is 558. The number of nitrogens with zero attached hydrogens (tertiary/aromatic N) is 1. The predicted molar refractivity (Wildman–Crippen MR) is 70.6 cm³/mol. The summed E-state index contributed by atoms with van der Waals surface area (Å²) in [6, 6.07) is 2.71. The van der Waals surface area contributed by atoms with Gasteiger partial charge in [-0.15, -0.1) is 0 Å². The molecule has 1 aliphatic carbocycles. The maximum Gasteiger partial charge on any atom is 0.336 e. The molecular formula is C13H14N2O4. The monoisotopic (exact) mass is 262 g/mol. The molecule has 0 radical (unpaired) electrons. The lowest BCUT2D eigenvalue weighted by molar-refractivity contribution is -0.385. The zero-order valence-electron chi connectivity index (χ0n) is 10.4. The van der Waals surface area contributed by atoms with Crippen LogP contribution < -0.4 is 5.32 Å². The Hall–Kier alpha value is -2.37. The number of aromatic carboxylic acids is 1. The average molecular weight is 262 g/mol. The van der Waals surface area contributed by atoms with Gasteiger partial charge in [0.25, 0.3) is 5.69 Å². The summed E-state index contributed by atoms with van der Waals surface area (Å²) in [6.07, 6.45) is 5.74. The molecule has 0 bridgehead atoms. The van der Waals surface area contributed by atoms with Gasteiger partial charge in [-0.3, -0.25) is 10.1 Å². The molecule has 1 aliphatic rings. The molecule has 6 heteroatoms. The molecule has 0 spiro atoms. The van der Waals surface area contributed by atoms with Gasteiger partial charge in [0.15, 0.2) is 0 Å². The van der Waals surface area contributed by atoms with Gasteiger partial charge in [0, 0.05) is 23.4 Å². The third kappa shape index (κ3) is 2.73. The van der Waals surface area contributed by atoms with Crippen LogP contribution in [-0.2, 0) is 0 Å². The predicted octanol–water partition coefficient (Wildman–Crippen LogP) is 2.73. The molecule has 0 amide bonds. The summed E-state index contributed by atoms with van der Waals surface area (Å²) in [7, 11) is 0. The zero-order chi connectivity index (χ0) is 14.0. The molecule has 19 heavy (non-hydrogen) atoms. The van der Waals surface area contributed by atoms with Crippen molar-refractivity contribution in [1.29, 1.82) is 0 Å². The maximum absolute atomic E-state index is 11.0. The first-order valence-electron chi connectivity index (χ1n) is 5.93. The van der Waals surface area contributed by atoms with Crippen molar-refractivity contribution >= 4 is 17.3 Å². The molecule has 1 aromatic carbocycles. The van der Waals surface area contributed by atoms with Gasteiger partial charge in [0.1, 0.15) is 0 Å². The van der Waals surface area contributed by atoms with Crippen LogP contribution in [0.5, 0.6) is 0 Å². The molecule has 0 aromatic heterocycles. The quantitative estimate of drug-likeness (QED) is 0.494. The highest BCUT2D eigenvalue weighted by molar-refractivity contribution is 5.90. The topological polar surface area (TPSA) is 92.5 Å². The van der Waals surface area contributed by atoms with Gasteiger partial charge < -0.3 is 10.4 Å². The van der Waals surface area contributed by atoms with E-state index in [4.69, 9.17) is 5.11 Å². The van der Waals surface area contributed by atoms with E-state index >= 15 is 0 Å². The summed E-state index contributed by atoms with van der Waals surface area (Å²) in [5, 5.41) is 23.1. The summed E-state index contributed by atoms with van der Waals surface area (Å²) in [5.41, 5.74) is 0.723. The fourth-order valence-electron chi connectivity index (χ4n) is 2.12. The standard InChI is InChI=1S/C13H14N2O4/c1-8-11(14-10-4-2-3-5-10)6-9(13(16)17)7-12(8)15(18)19/h2-3,6-7,10,14H,4-5H2,1H3,(H,16,17). The number of anilines is 1. The van der Waals surface area contributed by atoms with Crippen molar-refractivity contribution in [2.24, 2.45) is 0 Å². The highest BCUT2D eigenvalue weighted by Crippen LogP contribution is 2.29. The van der Waals surface area contributed by atoms with E-state index in [-0.39, 0.29) is 17.3 Å². The fourth-order valence-corrected chi connectivity index (χ4v) is 2.12. The van der Waals surface area contributed by atoms with Crippen molar-refractivity contribution in [3.63, 3.8) is 0 Å². The maximum atomic E-state index is 11.0. The number of carbonyl (C=O) groups is 1. The number of benzene rings is 1. The Kier molecular flexibility index (Phi) is 3.50. The minimum Gasteiger partial charge on any atom is -0.478 e. The largest absolute Gasteiger partial charge is 0.478 e. The van der Waals surface area contributed by atoms with Crippen molar-refractivity contribution in [2.45, 2.75) is 25.8 Å². The van der Waals surface area contributed by atoms with Gasteiger partial charge >= 0.3 is 5.97 Å². The second-order valence-corrected chi connectivity index (χ2v) is 4.51. The van der Waals surface area contributed by atoms with Gasteiger partial charge in [-0.2, -0.15) is 0 Å². The highest BCUT2D eigenvalue weighted by atomic mass is 16.6. The molecule has 1 aromatic rings. The Labute approximate surface area is 109 Å². The van der Waals surface area contributed by atoms with E-state index in [1.807, 2.05) is 12.2 Å². The molecule has 6 nitrogen and oxygen atoms in total. The lowest BCUT2D eigenvalue weighted by Gasteiger charge is -2.16. The SMILES string of the molecule is Cc1c(NC2CC=CC2)cc(C(=O)O)cc1[N+](=O)[O-]. The lowest BCUT2D eigenvalue weighted by Crippen LogP contribution is -2.16. The van der Waals surface area contributed by atoms with E-state index in [1.54, 1.807) is 6.92 Å². The zero-order valence-corrected chi connectivity index (χ0v) is 10.4. The molecular weight excluding hydrogens is 248 g/mol. The number of hydrogen-bond acceptors (Lipinski definition) is 4. The van der Waals surface area contributed by atoms with Crippen LogP contribution in [0.4, 0.5) is 11.4 Å². The Morgan fingerprint density at radius 1 is 1.42 bits per heavy atom. The summed E-state index contributed by atoms with van der Waals surface area (Å²) >= 11 is 0. The van der Waals surface area contributed by atoms with Gasteiger partial charge in [-0.1, -0.05) is 12.2 Å².